The standard InChI is InChI=1S/C13H22N2O2/c1-5-6-10-7-8-11(9-10)14-15-12(16)17-13(2,3)4/h5,7-8,10-11,14H,1,6,9H2,2-4H3,(H,15,16)/t10-,11-/m0/s1. The van der Waals surface area contributed by atoms with Gasteiger partial charge in [-0.1, -0.05) is 18.2 Å². The molecule has 0 unspecified atom stereocenters. The van der Waals surface area contributed by atoms with E-state index in [1.165, 1.54) is 0 Å². The monoisotopic (exact) mass is 238 g/mol. The van der Waals surface area contributed by atoms with Gasteiger partial charge in [-0.15, -0.1) is 6.58 Å². The quantitative estimate of drug-likeness (QED) is 0.584. The van der Waals surface area contributed by atoms with E-state index in [2.05, 4.69) is 29.6 Å². The van der Waals surface area contributed by atoms with Crippen LogP contribution >= 0.6 is 0 Å². The Balaban J connectivity index is 2.22. The Labute approximate surface area is 103 Å². The summed E-state index contributed by atoms with van der Waals surface area (Å²) in [7, 11) is 0. The van der Waals surface area contributed by atoms with Crippen molar-refractivity contribution in [1.29, 1.82) is 0 Å². The molecule has 0 spiro atoms. The maximum atomic E-state index is 11.4. The first-order valence-corrected chi connectivity index (χ1v) is 5.94. The summed E-state index contributed by atoms with van der Waals surface area (Å²) in [5.41, 5.74) is 5.03. The van der Waals surface area contributed by atoms with Crippen molar-refractivity contribution < 1.29 is 9.53 Å². The molecule has 1 aliphatic carbocycles. The molecule has 0 aromatic rings. The fraction of sp³-hybridized carbons (Fsp3) is 0.615. The molecule has 1 aliphatic rings. The van der Waals surface area contributed by atoms with Gasteiger partial charge in [0.25, 0.3) is 0 Å². The van der Waals surface area contributed by atoms with Crippen LogP contribution in [-0.2, 0) is 4.74 Å². The molecule has 0 aromatic carbocycles. The fourth-order valence-electron chi connectivity index (χ4n) is 1.73. The van der Waals surface area contributed by atoms with Crippen molar-refractivity contribution >= 4 is 6.09 Å². The summed E-state index contributed by atoms with van der Waals surface area (Å²) < 4.78 is 5.12. The molecular weight excluding hydrogens is 216 g/mol. The van der Waals surface area contributed by atoms with Crippen molar-refractivity contribution in [3.8, 4) is 0 Å². The number of carbonyl (C=O) groups excluding carboxylic acids is 1. The third-order valence-electron chi connectivity index (χ3n) is 2.40. The molecule has 0 fully saturated rings. The van der Waals surface area contributed by atoms with Gasteiger partial charge in [-0.3, -0.25) is 5.43 Å². The number of hydrogen-bond acceptors (Lipinski definition) is 3. The number of nitrogens with one attached hydrogen (secondary N) is 2. The van der Waals surface area contributed by atoms with Crippen molar-refractivity contribution in [2.45, 2.75) is 45.3 Å². The van der Waals surface area contributed by atoms with Gasteiger partial charge in [0.1, 0.15) is 5.60 Å². The van der Waals surface area contributed by atoms with E-state index in [-0.39, 0.29) is 6.04 Å². The highest BCUT2D eigenvalue weighted by molar-refractivity contribution is 5.67. The highest BCUT2D eigenvalue weighted by atomic mass is 16.6. The summed E-state index contributed by atoms with van der Waals surface area (Å²) in [6.45, 7) is 9.23. The summed E-state index contributed by atoms with van der Waals surface area (Å²) in [5.74, 6) is 0.519. The highest BCUT2D eigenvalue weighted by Gasteiger charge is 2.20. The molecule has 96 valence electrons. The van der Waals surface area contributed by atoms with E-state index >= 15 is 0 Å². The van der Waals surface area contributed by atoms with Crippen molar-refractivity contribution in [2.24, 2.45) is 5.92 Å². The minimum Gasteiger partial charge on any atom is -0.443 e. The molecule has 0 saturated heterocycles. The largest absolute Gasteiger partial charge is 0.443 e. The van der Waals surface area contributed by atoms with Crippen LogP contribution in [0, 0.1) is 5.92 Å². The summed E-state index contributed by atoms with van der Waals surface area (Å²) in [5, 5.41) is 0. The zero-order valence-electron chi connectivity index (χ0n) is 10.8. The van der Waals surface area contributed by atoms with E-state index in [9.17, 15) is 4.79 Å². The summed E-state index contributed by atoms with van der Waals surface area (Å²) in [4.78, 5) is 11.4. The van der Waals surface area contributed by atoms with Crippen molar-refractivity contribution in [3.63, 3.8) is 0 Å². The van der Waals surface area contributed by atoms with Gasteiger partial charge in [-0.25, -0.2) is 10.2 Å². The molecule has 0 radical (unpaired) electrons. The second-order valence-electron chi connectivity index (χ2n) is 5.28. The van der Waals surface area contributed by atoms with E-state index in [1.54, 1.807) is 0 Å². The average molecular weight is 238 g/mol. The number of allylic oxidation sites excluding steroid dienone is 2. The molecule has 0 bridgehead atoms. The first kappa shape index (κ1) is 13.8. The number of ether oxygens (including phenoxy) is 1. The molecule has 4 heteroatoms. The molecule has 17 heavy (non-hydrogen) atoms. The van der Waals surface area contributed by atoms with Gasteiger partial charge in [0.05, 0.1) is 0 Å². The lowest BCUT2D eigenvalue weighted by atomic mass is 10.0. The summed E-state index contributed by atoms with van der Waals surface area (Å²) >= 11 is 0. The van der Waals surface area contributed by atoms with Gasteiger partial charge in [-0.05, 0) is 39.5 Å². The summed E-state index contributed by atoms with van der Waals surface area (Å²) in [6, 6.07) is 0.174. The van der Waals surface area contributed by atoms with E-state index in [4.69, 9.17) is 4.74 Å². The van der Waals surface area contributed by atoms with Crippen LogP contribution in [0.4, 0.5) is 4.79 Å². The minimum absolute atomic E-state index is 0.174. The second-order valence-corrected chi connectivity index (χ2v) is 5.28. The molecule has 2 atom stereocenters. The zero-order valence-corrected chi connectivity index (χ0v) is 10.8. The Morgan fingerprint density at radius 1 is 1.53 bits per heavy atom. The van der Waals surface area contributed by atoms with E-state index in [1.807, 2.05) is 26.8 Å². The number of hydrogen-bond donors (Lipinski definition) is 2. The Morgan fingerprint density at radius 2 is 2.24 bits per heavy atom. The van der Waals surface area contributed by atoms with Gasteiger partial charge >= 0.3 is 6.09 Å². The van der Waals surface area contributed by atoms with Crippen LogP contribution < -0.4 is 10.9 Å². The van der Waals surface area contributed by atoms with Crippen molar-refractivity contribution in [2.75, 3.05) is 0 Å². The normalized spacial score (nSPS) is 23.5. The molecule has 0 aliphatic heterocycles. The second kappa shape index (κ2) is 5.87. The molecule has 2 N–H and O–H groups in total. The number of amides is 1. The van der Waals surface area contributed by atoms with Gasteiger partial charge < -0.3 is 4.74 Å². The average Bonchev–Trinajstić information content (AvgIpc) is 2.61. The maximum absolute atomic E-state index is 11.4. The van der Waals surface area contributed by atoms with Crippen molar-refractivity contribution in [3.05, 3.63) is 24.8 Å². The first-order valence-electron chi connectivity index (χ1n) is 5.94. The van der Waals surface area contributed by atoms with Crippen molar-refractivity contribution in [1.82, 2.24) is 10.9 Å². The molecule has 0 aromatic heterocycles. The van der Waals surface area contributed by atoms with E-state index < -0.39 is 11.7 Å². The van der Waals surface area contributed by atoms with Crippen LogP contribution in [-0.4, -0.2) is 17.7 Å². The maximum Gasteiger partial charge on any atom is 0.422 e. The van der Waals surface area contributed by atoms with Crippen LogP contribution in [0.1, 0.15) is 33.6 Å². The molecule has 0 saturated carbocycles. The van der Waals surface area contributed by atoms with Gasteiger partial charge in [0, 0.05) is 6.04 Å². The van der Waals surface area contributed by atoms with E-state index in [0.29, 0.717) is 5.92 Å². The third kappa shape index (κ3) is 5.54. The lowest BCUT2D eigenvalue weighted by Crippen LogP contribution is -2.45. The van der Waals surface area contributed by atoms with Crippen LogP contribution in [0.25, 0.3) is 0 Å². The van der Waals surface area contributed by atoms with Gasteiger partial charge in [0.2, 0.25) is 0 Å². The Morgan fingerprint density at radius 3 is 2.82 bits per heavy atom. The molecule has 0 heterocycles. The van der Waals surface area contributed by atoms with Crippen LogP contribution in [0.15, 0.2) is 24.8 Å². The summed E-state index contributed by atoms with van der Waals surface area (Å²) in [6.07, 6.45) is 7.63. The number of carbonyl (C=O) groups is 1. The first-order chi connectivity index (χ1) is 7.90. The number of hydrazine groups is 1. The highest BCUT2D eigenvalue weighted by Crippen LogP contribution is 2.20. The Hall–Kier alpha value is -1.29. The van der Waals surface area contributed by atoms with Crippen LogP contribution in [0.5, 0.6) is 0 Å². The molecule has 1 rings (SSSR count). The lowest BCUT2D eigenvalue weighted by molar-refractivity contribution is 0.0491. The molecule has 4 nitrogen and oxygen atoms in total. The molecular formula is C13H22N2O2. The van der Waals surface area contributed by atoms with Gasteiger partial charge in [-0.2, -0.15) is 0 Å². The third-order valence-corrected chi connectivity index (χ3v) is 2.40. The Bertz CT molecular complexity index is 305. The smallest absolute Gasteiger partial charge is 0.422 e. The minimum atomic E-state index is -0.470. The Kier molecular flexibility index (Phi) is 4.75. The van der Waals surface area contributed by atoms with Crippen LogP contribution in [0.3, 0.4) is 0 Å². The van der Waals surface area contributed by atoms with Crippen LogP contribution in [0.2, 0.25) is 0 Å². The predicted molar refractivity (Wildman–Crippen MR) is 68.4 cm³/mol. The fourth-order valence-corrected chi connectivity index (χ4v) is 1.73. The SMILES string of the molecule is C=CC[C@H]1C=C[C@H](NNC(=O)OC(C)(C)C)C1. The predicted octanol–water partition coefficient (Wildman–Crippen LogP) is 2.54. The number of rotatable bonds is 4. The topological polar surface area (TPSA) is 50.4 Å². The zero-order chi connectivity index (χ0) is 12.9. The lowest BCUT2D eigenvalue weighted by Gasteiger charge is -2.21. The molecule has 1 amide bonds. The van der Waals surface area contributed by atoms with Gasteiger partial charge in [0.15, 0.2) is 0 Å². The van der Waals surface area contributed by atoms with E-state index in [0.717, 1.165) is 12.8 Å².